The van der Waals surface area contributed by atoms with Crippen LogP contribution in [0.15, 0.2) is 52.8 Å². The highest BCUT2D eigenvalue weighted by atomic mass is 16.4. The van der Waals surface area contributed by atoms with Crippen molar-refractivity contribution in [2.24, 2.45) is 10.2 Å². The largest absolute Gasteiger partial charge is 0.481 e. The predicted molar refractivity (Wildman–Crippen MR) is 93.2 cm³/mol. The summed E-state index contributed by atoms with van der Waals surface area (Å²) in [6.07, 6.45) is 1.44. The van der Waals surface area contributed by atoms with Gasteiger partial charge in [-0.15, -0.1) is 10.2 Å². The number of aromatic nitrogens is 2. The molecule has 0 spiro atoms. The maximum absolute atomic E-state index is 11.1. The molecule has 1 aromatic carbocycles. The van der Waals surface area contributed by atoms with Crippen molar-refractivity contribution in [1.29, 1.82) is 0 Å². The second-order valence-electron chi connectivity index (χ2n) is 5.77. The quantitative estimate of drug-likeness (QED) is 0.660. The van der Waals surface area contributed by atoms with E-state index in [1.807, 2.05) is 19.1 Å². The van der Waals surface area contributed by atoms with E-state index in [0.29, 0.717) is 28.4 Å². The maximum Gasteiger partial charge on any atom is 0.309 e. The summed E-state index contributed by atoms with van der Waals surface area (Å²) in [7, 11) is 0. The third kappa shape index (κ3) is 3.75. The molecule has 2 N–H and O–H groups in total. The van der Waals surface area contributed by atoms with E-state index in [1.165, 1.54) is 0 Å². The van der Waals surface area contributed by atoms with Crippen LogP contribution in [0.1, 0.15) is 16.8 Å². The molecule has 0 aliphatic heterocycles. The Balaban J connectivity index is 1.96. The number of carboxylic acids is 2. The van der Waals surface area contributed by atoms with Crippen molar-refractivity contribution in [2.45, 2.75) is 19.8 Å². The van der Waals surface area contributed by atoms with Crippen LogP contribution in [-0.4, -0.2) is 31.5 Å². The predicted octanol–water partition coefficient (Wildman–Crippen LogP) is 3.31. The van der Waals surface area contributed by atoms with Gasteiger partial charge in [0, 0.05) is 6.20 Å². The summed E-state index contributed by atoms with van der Waals surface area (Å²) < 4.78 is 1.70. The number of carbonyl (C=O) groups is 2. The van der Waals surface area contributed by atoms with Crippen molar-refractivity contribution in [1.82, 2.24) is 9.38 Å². The van der Waals surface area contributed by atoms with Crippen LogP contribution in [0.3, 0.4) is 0 Å². The molecule has 132 valence electrons. The molecule has 0 unspecified atom stereocenters. The molecule has 0 saturated carbocycles. The normalized spacial score (nSPS) is 11.3. The second kappa shape index (κ2) is 7.14. The standard InChI is InChI=1S/C18H16N4O4/c1-11-3-2-8-22-17(11)19-14(10-16(25)26)18(22)21-20-13-6-4-12(5-7-13)9-15(23)24/h2-8H,9-10H2,1H3,(H,23,24)(H,25,26). The fourth-order valence-electron chi connectivity index (χ4n) is 2.57. The van der Waals surface area contributed by atoms with Crippen molar-refractivity contribution < 1.29 is 19.8 Å². The highest BCUT2D eigenvalue weighted by molar-refractivity contribution is 5.73. The van der Waals surface area contributed by atoms with Crippen LogP contribution in [0, 0.1) is 6.92 Å². The van der Waals surface area contributed by atoms with E-state index >= 15 is 0 Å². The zero-order valence-electron chi connectivity index (χ0n) is 14.0. The smallest absolute Gasteiger partial charge is 0.309 e. The van der Waals surface area contributed by atoms with Crippen molar-refractivity contribution in [3.63, 3.8) is 0 Å². The summed E-state index contributed by atoms with van der Waals surface area (Å²) in [5, 5.41) is 26.2. The van der Waals surface area contributed by atoms with Crippen LogP contribution >= 0.6 is 0 Å². The van der Waals surface area contributed by atoms with E-state index in [0.717, 1.165) is 5.56 Å². The van der Waals surface area contributed by atoms with Crippen LogP contribution in [0.25, 0.3) is 5.65 Å². The molecule has 2 aromatic heterocycles. The third-order valence-electron chi connectivity index (χ3n) is 3.76. The summed E-state index contributed by atoms with van der Waals surface area (Å²) in [5.74, 6) is -1.54. The van der Waals surface area contributed by atoms with Crippen LogP contribution < -0.4 is 0 Å². The first-order chi connectivity index (χ1) is 12.4. The van der Waals surface area contributed by atoms with E-state index < -0.39 is 11.9 Å². The van der Waals surface area contributed by atoms with Gasteiger partial charge >= 0.3 is 11.9 Å². The van der Waals surface area contributed by atoms with Crippen molar-refractivity contribution in [3.8, 4) is 0 Å². The number of benzene rings is 1. The molecule has 2 heterocycles. The molecule has 0 aliphatic rings. The molecule has 0 aliphatic carbocycles. The highest BCUT2D eigenvalue weighted by Gasteiger charge is 2.16. The number of imidazole rings is 1. The number of rotatable bonds is 6. The van der Waals surface area contributed by atoms with Crippen LogP contribution in [-0.2, 0) is 22.4 Å². The van der Waals surface area contributed by atoms with E-state index in [-0.39, 0.29) is 12.8 Å². The van der Waals surface area contributed by atoms with Gasteiger partial charge in [0.15, 0.2) is 5.82 Å². The summed E-state index contributed by atoms with van der Waals surface area (Å²) in [4.78, 5) is 26.2. The van der Waals surface area contributed by atoms with E-state index in [9.17, 15) is 9.59 Å². The number of nitrogens with zero attached hydrogens (tertiary/aromatic N) is 4. The maximum atomic E-state index is 11.1. The average Bonchev–Trinajstić information content (AvgIpc) is 2.92. The van der Waals surface area contributed by atoms with Gasteiger partial charge in [0.05, 0.1) is 24.2 Å². The van der Waals surface area contributed by atoms with Crippen molar-refractivity contribution in [3.05, 3.63) is 59.4 Å². The number of fused-ring (bicyclic) bond motifs is 1. The molecule has 3 rings (SSSR count). The Morgan fingerprint density at radius 3 is 2.38 bits per heavy atom. The lowest BCUT2D eigenvalue weighted by molar-refractivity contribution is -0.137. The Morgan fingerprint density at radius 2 is 1.73 bits per heavy atom. The van der Waals surface area contributed by atoms with E-state index in [1.54, 1.807) is 34.9 Å². The van der Waals surface area contributed by atoms with Crippen molar-refractivity contribution >= 4 is 29.1 Å². The Bertz CT molecular complexity index is 1010. The molecule has 0 radical (unpaired) electrons. The van der Waals surface area contributed by atoms with Gasteiger partial charge in [-0.3, -0.25) is 14.0 Å². The van der Waals surface area contributed by atoms with Gasteiger partial charge in [0.1, 0.15) is 5.65 Å². The minimum Gasteiger partial charge on any atom is -0.481 e. The summed E-state index contributed by atoms with van der Waals surface area (Å²) in [6.45, 7) is 1.88. The monoisotopic (exact) mass is 352 g/mol. The number of hydrogen-bond acceptors (Lipinski definition) is 5. The van der Waals surface area contributed by atoms with Gasteiger partial charge in [-0.05, 0) is 36.2 Å². The Kier molecular flexibility index (Phi) is 4.74. The lowest BCUT2D eigenvalue weighted by Gasteiger charge is -2.00. The fourth-order valence-corrected chi connectivity index (χ4v) is 2.57. The second-order valence-corrected chi connectivity index (χ2v) is 5.77. The zero-order valence-corrected chi connectivity index (χ0v) is 14.0. The van der Waals surface area contributed by atoms with Gasteiger partial charge in [-0.2, -0.15) is 0 Å². The first-order valence-electron chi connectivity index (χ1n) is 7.85. The van der Waals surface area contributed by atoms with Gasteiger partial charge in [-0.1, -0.05) is 18.2 Å². The minimum absolute atomic E-state index is 0.0628. The lowest BCUT2D eigenvalue weighted by Crippen LogP contribution is -2.00. The first-order valence-corrected chi connectivity index (χ1v) is 7.85. The number of pyridine rings is 1. The topological polar surface area (TPSA) is 117 Å². The first kappa shape index (κ1) is 17.3. The Labute approximate surface area is 148 Å². The number of aliphatic carboxylic acids is 2. The molecule has 26 heavy (non-hydrogen) atoms. The van der Waals surface area contributed by atoms with Crippen LogP contribution in [0.2, 0.25) is 0 Å². The highest BCUT2D eigenvalue weighted by Crippen LogP contribution is 2.26. The van der Waals surface area contributed by atoms with Gasteiger partial charge in [0.2, 0.25) is 0 Å². The third-order valence-corrected chi connectivity index (χ3v) is 3.76. The number of azo groups is 1. The summed E-state index contributed by atoms with van der Waals surface area (Å²) >= 11 is 0. The fraction of sp³-hybridized carbons (Fsp3) is 0.167. The van der Waals surface area contributed by atoms with E-state index in [2.05, 4.69) is 15.2 Å². The average molecular weight is 352 g/mol. The summed E-state index contributed by atoms with van der Waals surface area (Å²) in [6, 6.07) is 10.4. The van der Waals surface area contributed by atoms with Crippen molar-refractivity contribution in [2.75, 3.05) is 0 Å². The van der Waals surface area contributed by atoms with E-state index in [4.69, 9.17) is 10.2 Å². The number of hydrogen-bond donors (Lipinski definition) is 2. The number of aryl methyl sites for hydroxylation is 1. The molecular weight excluding hydrogens is 336 g/mol. The molecule has 0 saturated heterocycles. The Hall–Kier alpha value is -3.55. The minimum atomic E-state index is -1.000. The van der Waals surface area contributed by atoms with Gasteiger partial charge in [-0.25, -0.2) is 4.98 Å². The molecule has 0 atom stereocenters. The SMILES string of the molecule is Cc1cccn2c(N=Nc3ccc(CC(=O)O)cc3)c(CC(=O)O)nc12. The molecule has 3 aromatic rings. The molecule has 8 heteroatoms. The molecular formula is C18H16N4O4. The summed E-state index contributed by atoms with van der Waals surface area (Å²) in [5.41, 5.74) is 3.06. The van der Waals surface area contributed by atoms with Gasteiger partial charge in [0.25, 0.3) is 0 Å². The molecule has 0 bridgehead atoms. The Morgan fingerprint density at radius 1 is 1.04 bits per heavy atom. The molecule has 8 nitrogen and oxygen atoms in total. The van der Waals surface area contributed by atoms with Crippen LogP contribution in [0.5, 0.6) is 0 Å². The lowest BCUT2D eigenvalue weighted by atomic mass is 10.1. The zero-order chi connectivity index (χ0) is 18.7. The van der Waals surface area contributed by atoms with Crippen LogP contribution in [0.4, 0.5) is 11.5 Å². The number of carboxylic acid groups (broad SMARTS) is 2. The van der Waals surface area contributed by atoms with Gasteiger partial charge < -0.3 is 10.2 Å². The molecule has 0 fully saturated rings. The molecule has 0 amide bonds.